The number of halogens is 1. The molecule has 2 saturated heterocycles. The van der Waals surface area contributed by atoms with Crippen LogP contribution in [-0.4, -0.2) is 66.6 Å². The first kappa shape index (κ1) is 24.2. The van der Waals surface area contributed by atoms with Crippen molar-refractivity contribution in [1.29, 1.82) is 0 Å². The first-order chi connectivity index (χ1) is 16.9. The Labute approximate surface area is 214 Å². The Kier molecular flexibility index (Phi) is 7.07. The predicted molar refractivity (Wildman–Crippen MR) is 137 cm³/mol. The van der Waals surface area contributed by atoms with E-state index in [0.717, 1.165) is 54.9 Å². The maximum atomic E-state index is 12.9. The van der Waals surface area contributed by atoms with Gasteiger partial charge in [-0.2, -0.15) is 9.61 Å². The zero-order valence-electron chi connectivity index (χ0n) is 20.2. The highest BCUT2D eigenvalue weighted by atomic mass is 35.5. The van der Waals surface area contributed by atoms with Crippen LogP contribution < -0.4 is 0 Å². The Morgan fingerprint density at radius 1 is 0.971 bits per heavy atom. The second kappa shape index (κ2) is 10.2. The summed E-state index contributed by atoms with van der Waals surface area (Å²) in [6, 6.07) is 6.26. The number of hydrogen-bond acceptors (Lipinski definition) is 6. The minimum Gasteiger partial charge on any atom is -0.340 e. The minimum atomic E-state index is 0.0705. The largest absolute Gasteiger partial charge is 0.340 e. The number of carbonyl (C=O) groups is 2. The van der Waals surface area contributed by atoms with Gasteiger partial charge < -0.3 is 9.80 Å². The number of hydrogen-bond donors (Lipinski definition) is 0. The van der Waals surface area contributed by atoms with Crippen LogP contribution in [0.15, 0.2) is 18.2 Å². The second-order valence-electron chi connectivity index (χ2n) is 9.74. The molecule has 0 unspecified atom stereocenters. The number of fused-ring (bicyclic) bond motifs is 1. The lowest BCUT2D eigenvalue weighted by molar-refractivity contribution is -0.134. The van der Waals surface area contributed by atoms with E-state index in [0.29, 0.717) is 22.2 Å². The number of benzene rings is 1. The smallest absolute Gasteiger partial charge is 0.234 e. The highest BCUT2D eigenvalue weighted by Gasteiger charge is 2.26. The van der Waals surface area contributed by atoms with Crippen LogP contribution in [0.2, 0.25) is 5.02 Å². The predicted octanol–water partition coefficient (Wildman–Crippen LogP) is 4.39. The average molecular weight is 515 g/mol. The molecule has 5 rings (SSSR count). The van der Waals surface area contributed by atoms with E-state index in [1.165, 1.54) is 24.2 Å². The number of carbonyl (C=O) groups excluding carboxylic acids is 2. The lowest BCUT2D eigenvalue weighted by Crippen LogP contribution is -2.43. The van der Waals surface area contributed by atoms with Crippen molar-refractivity contribution in [2.75, 3.05) is 13.1 Å². The zero-order chi connectivity index (χ0) is 24.5. The summed E-state index contributed by atoms with van der Waals surface area (Å²) in [5.41, 5.74) is 1.68. The van der Waals surface area contributed by atoms with Crippen LogP contribution in [-0.2, 0) is 22.4 Å². The molecule has 3 aromatic rings. The van der Waals surface area contributed by atoms with Gasteiger partial charge in [-0.1, -0.05) is 35.1 Å². The Morgan fingerprint density at radius 2 is 1.63 bits per heavy atom. The molecule has 2 fully saturated rings. The third kappa shape index (κ3) is 5.07. The number of amides is 2. The highest BCUT2D eigenvalue weighted by molar-refractivity contribution is 7.19. The highest BCUT2D eigenvalue weighted by Crippen LogP contribution is 2.30. The van der Waals surface area contributed by atoms with Crippen LogP contribution in [0.5, 0.6) is 0 Å². The van der Waals surface area contributed by atoms with Gasteiger partial charge in [-0.05, 0) is 64.0 Å². The number of rotatable bonds is 5. The molecule has 2 aliphatic rings. The Hall–Kier alpha value is -2.52. The number of nitrogens with zero attached hydrogens (tertiary/aromatic N) is 6. The summed E-state index contributed by atoms with van der Waals surface area (Å²) in [7, 11) is 0. The summed E-state index contributed by atoms with van der Waals surface area (Å²) in [5.74, 6) is 0.748. The van der Waals surface area contributed by atoms with Gasteiger partial charge in [-0.15, -0.1) is 10.2 Å². The van der Waals surface area contributed by atoms with E-state index in [9.17, 15) is 9.59 Å². The van der Waals surface area contributed by atoms with Crippen LogP contribution in [0.25, 0.3) is 15.5 Å². The van der Waals surface area contributed by atoms with Crippen LogP contribution in [0, 0.1) is 0 Å². The monoisotopic (exact) mass is 514 g/mol. The lowest BCUT2D eigenvalue weighted by Gasteiger charge is -2.33. The van der Waals surface area contributed by atoms with Gasteiger partial charge in [0.25, 0.3) is 0 Å². The first-order valence-electron chi connectivity index (χ1n) is 12.5. The van der Waals surface area contributed by atoms with E-state index in [4.69, 9.17) is 11.6 Å². The molecule has 0 radical (unpaired) electrons. The second-order valence-corrected chi connectivity index (χ2v) is 11.1. The third-order valence-electron chi connectivity index (χ3n) is 7.25. The van der Waals surface area contributed by atoms with Crippen LogP contribution in [0.4, 0.5) is 0 Å². The van der Waals surface area contributed by atoms with Crippen LogP contribution in [0.1, 0.15) is 63.8 Å². The van der Waals surface area contributed by atoms with E-state index in [1.807, 2.05) is 28.0 Å². The summed E-state index contributed by atoms with van der Waals surface area (Å²) >= 11 is 8.00. The fourth-order valence-electron chi connectivity index (χ4n) is 5.15. The molecule has 2 atom stereocenters. The molecule has 0 saturated carbocycles. The van der Waals surface area contributed by atoms with Crippen molar-refractivity contribution < 1.29 is 9.59 Å². The molecule has 8 nitrogen and oxygen atoms in total. The number of likely N-dealkylation sites (tertiary alicyclic amines) is 2. The summed E-state index contributed by atoms with van der Waals surface area (Å²) in [6.07, 6.45) is 7.05. The van der Waals surface area contributed by atoms with Gasteiger partial charge in [0.2, 0.25) is 16.8 Å². The van der Waals surface area contributed by atoms with Gasteiger partial charge in [-0.25, -0.2) is 0 Å². The van der Waals surface area contributed by atoms with Crippen molar-refractivity contribution in [3.63, 3.8) is 0 Å². The fourth-order valence-corrected chi connectivity index (χ4v) is 6.25. The zero-order valence-corrected chi connectivity index (χ0v) is 21.8. The van der Waals surface area contributed by atoms with Crippen molar-refractivity contribution >= 4 is 39.7 Å². The molecule has 0 aliphatic carbocycles. The Balaban J connectivity index is 1.30. The molecule has 1 aromatic carbocycles. The van der Waals surface area contributed by atoms with Gasteiger partial charge in [-0.3, -0.25) is 9.59 Å². The normalized spacial score (nSPS) is 21.0. The molecule has 0 bridgehead atoms. The van der Waals surface area contributed by atoms with Crippen LogP contribution in [0.3, 0.4) is 0 Å². The maximum Gasteiger partial charge on any atom is 0.234 e. The summed E-state index contributed by atoms with van der Waals surface area (Å²) in [6.45, 7) is 5.84. The van der Waals surface area contributed by atoms with Crippen molar-refractivity contribution in [3.05, 3.63) is 34.6 Å². The summed E-state index contributed by atoms with van der Waals surface area (Å²) < 4.78 is 1.66. The SMILES string of the molecule is C[C@@H]1CCCCN1C(=O)Cc1nnc2sc(-c3ccc(CC(=O)N4CCCC[C@@H]4C)c(Cl)c3)nn12. The minimum absolute atomic E-state index is 0.0705. The van der Waals surface area contributed by atoms with Crippen molar-refractivity contribution in [3.8, 4) is 10.6 Å². The standard InChI is InChI=1S/C25H31ClN6O2S/c1-16-7-3-5-11-30(16)22(33)14-18-9-10-19(13-20(18)26)24-29-32-21(27-28-25(32)35-24)15-23(34)31-12-6-4-8-17(31)2/h9-10,13,16-17H,3-8,11-12,14-15H2,1-2H3/t16-,17+/m0/s1. The van der Waals surface area contributed by atoms with E-state index >= 15 is 0 Å². The fraction of sp³-hybridized carbons (Fsp3) is 0.560. The van der Waals surface area contributed by atoms with Crippen molar-refractivity contribution in [1.82, 2.24) is 29.6 Å². The van der Waals surface area contributed by atoms with E-state index < -0.39 is 0 Å². The molecular formula is C25H31ClN6O2S. The van der Waals surface area contributed by atoms with E-state index in [-0.39, 0.29) is 30.3 Å². The molecule has 35 heavy (non-hydrogen) atoms. The van der Waals surface area contributed by atoms with Crippen LogP contribution >= 0.6 is 22.9 Å². The van der Waals surface area contributed by atoms with Gasteiger partial charge in [0.05, 0.1) is 12.8 Å². The third-order valence-corrected chi connectivity index (χ3v) is 8.55. The Morgan fingerprint density at radius 3 is 2.26 bits per heavy atom. The first-order valence-corrected chi connectivity index (χ1v) is 13.7. The summed E-state index contributed by atoms with van der Waals surface area (Å²) in [4.78, 5) is 30.3. The van der Waals surface area contributed by atoms with Gasteiger partial charge in [0.1, 0.15) is 5.01 Å². The molecular weight excluding hydrogens is 484 g/mol. The number of piperidine rings is 2. The topological polar surface area (TPSA) is 83.7 Å². The summed E-state index contributed by atoms with van der Waals surface area (Å²) in [5, 5.41) is 14.4. The molecule has 186 valence electrons. The van der Waals surface area contributed by atoms with E-state index in [2.05, 4.69) is 29.1 Å². The maximum absolute atomic E-state index is 12.9. The van der Waals surface area contributed by atoms with E-state index in [1.54, 1.807) is 4.52 Å². The molecule has 2 aromatic heterocycles. The van der Waals surface area contributed by atoms with Crippen molar-refractivity contribution in [2.24, 2.45) is 0 Å². The molecule has 0 spiro atoms. The van der Waals surface area contributed by atoms with Gasteiger partial charge in [0.15, 0.2) is 5.82 Å². The van der Waals surface area contributed by atoms with Crippen molar-refractivity contribution in [2.45, 2.75) is 77.3 Å². The molecule has 0 N–H and O–H groups in total. The number of aromatic nitrogens is 4. The molecule has 2 aliphatic heterocycles. The average Bonchev–Trinajstić information content (AvgIpc) is 3.43. The Bertz CT molecular complexity index is 1240. The molecule has 4 heterocycles. The molecule has 2 amide bonds. The molecule has 10 heteroatoms. The van der Waals surface area contributed by atoms with Gasteiger partial charge >= 0.3 is 0 Å². The quantitative estimate of drug-likeness (QED) is 0.504. The lowest BCUT2D eigenvalue weighted by atomic mass is 10.0. The van der Waals surface area contributed by atoms with Gasteiger partial charge in [0, 0.05) is 35.8 Å².